The molecule has 9 heteroatoms. The molecular weight excluding hydrogens is 483 g/mol. The summed E-state index contributed by atoms with van der Waals surface area (Å²) in [6.45, 7) is 8.54. The minimum atomic E-state index is -4.19. The molecular formula is C27H31FN2O5S. The van der Waals surface area contributed by atoms with Crippen LogP contribution in [0.25, 0.3) is 11.1 Å². The highest BCUT2D eigenvalue weighted by Crippen LogP contribution is 2.33. The van der Waals surface area contributed by atoms with Crippen molar-refractivity contribution in [1.29, 1.82) is 0 Å². The fraction of sp³-hybridized carbons (Fsp3) is 0.333. The van der Waals surface area contributed by atoms with Gasteiger partial charge in [0.05, 0.1) is 24.0 Å². The second kappa shape index (κ2) is 10.4. The fourth-order valence-corrected chi connectivity index (χ4v) is 5.26. The molecule has 0 saturated heterocycles. The van der Waals surface area contributed by atoms with E-state index in [0.717, 1.165) is 0 Å². The van der Waals surface area contributed by atoms with Crippen LogP contribution >= 0.6 is 0 Å². The summed E-state index contributed by atoms with van der Waals surface area (Å²) in [5, 5.41) is 10.2. The Morgan fingerprint density at radius 2 is 1.86 bits per heavy atom. The van der Waals surface area contributed by atoms with Gasteiger partial charge in [-0.25, -0.2) is 22.5 Å². The summed E-state index contributed by atoms with van der Waals surface area (Å²) in [5.74, 6) is -1.02. The van der Waals surface area contributed by atoms with Gasteiger partial charge in [0.15, 0.2) is 0 Å². The molecule has 0 unspecified atom stereocenters. The number of pyridine rings is 1. The normalized spacial score (nSPS) is 12.0. The van der Waals surface area contributed by atoms with Crippen molar-refractivity contribution in [2.45, 2.75) is 57.5 Å². The Morgan fingerprint density at radius 3 is 2.44 bits per heavy atom. The molecule has 2 aromatic carbocycles. The topological polar surface area (TPSA) is 106 Å². The van der Waals surface area contributed by atoms with Crippen molar-refractivity contribution >= 4 is 15.9 Å². The molecule has 0 aliphatic carbocycles. The number of amides is 1. The number of aryl methyl sites for hydroxylation is 1. The van der Waals surface area contributed by atoms with Gasteiger partial charge in [0.25, 0.3) is 10.0 Å². The smallest absolute Gasteiger partial charge is 0.264 e. The maximum absolute atomic E-state index is 14.6. The number of carbonyl (C=O) groups excluding carboxylic acids is 1. The van der Waals surface area contributed by atoms with Crippen LogP contribution in [0, 0.1) is 12.7 Å². The second-order valence-electron chi connectivity index (χ2n) is 9.51. The summed E-state index contributed by atoms with van der Waals surface area (Å²) < 4.78 is 48.0. The minimum absolute atomic E-state index is 0.0638. The van der Waals surface area contributed by atoms with Gasteiger partial charge in [-0.15, -0.1) is 0 Å². The highest BCUT2D eigenvalue weighted by Gasteiger charge is 2.25. The maximum atomic E-state index is 14.6. The first kappa shape index (κ1) is 27.3. The standard InChI is InChI=1S/C27H31FN2O5S/c1-16(2)21-13-20(28)14-22(18-9-10-29-26(12-18)35-6)23(21)15-25(31)30-36(33,34)24-8-7-19(11-17(24)3)27(4,5)32/h7-14,16,32H,15H2,1-6H3,(H,30,31). The van der Waals surface area contributed by atoms with E-state index in [2.05, 4.69) is 9.71 Å². The van der Waals surface area contributed by atoms with E-state index in [4.69, 9.17) is 4.74 Å². The molecule has 192 valence electrons. The number of hydrogen-bond acceptors (Lipinski definition) is 6. The Morgan fingerprint density at radius 1 is 1.17 bits per heavy atom. The van der Waals surface area contributed by atoms with Crippen LogP contribution in [0.4, 0.5) is 4.39 Å². The molecule has 0 aliphatic rings. The molecule has 3 aromatic rings. The molecule has 7 nitrogen and oxygen atoms in total. The predicted molar refractivity (Wildman–Crippen MR) is 136 cm³/mol. The first-order chi connectivity index (χ1) is 16.7. The molecule has 0 fully saturated rings. The lowest BCUT2D eigenvalue weighted by molar-refractivity contribution is -0.118. The summed E-state index contributed by atoms with van der Waals surface area (Å²) in [6.07, 6.45) is 1.23. The van der Waals surface area contributed by atoms with Crippen molar-refractivity contribution in [2.24, 2.45) is 0 Å². The lowest BCUT2D eigenvalue weighted by Crippen LogP contribution is -2.33. The molecule has 1 amide bonds. The third-order valence-electron chi connectivity index (χ3n) is 5.88. The maximum Gasteiger partial charge on any atom is 0.264 e. The van der Waals surface area contributed by atoms with Gasteiger partial charge in [0.1, 0.15) is 5.82 Å². The SMILES string of the molecule is COc1cc(-c2cc(F)cc(C(C)C)c2CC(=O)NS(=O)(=O)c2ccc(C(C)(C)O)cc2C)ccn1. The molecule has 1 aromatic heterocycles. The number of nitrogens with one attached hydrogen (secondary N) is 1. The molecule has 0 saturated carbocycles. The van der Waals surface area contributed by atoms with Gasteiger partial charge in [0, 0.05) is 12.3 Å². The number of aliphatic hydroxyl groups is 1. The van der Waals surface area contributed by atoms with Gasteiger partial charge in [-0.1, -0.05) is 26.0 Å². The summed E-state index contributed by atoms with van der Waals surface area (Å²) in [5.41, 5.74) is 1.96. The van der Waals surface area contributed by atoms with Crippen LogP contribution in [0.1, 0.15) is 55.9 Å². The first-order valence-corrected chi connectivity index (χ1v) is 12.9. The quantitative estimate of drug-likeness (QED) is 0.455. The highest BCUT2D eigenvalue weighted by atomic mass is 32.2. The van der Waals surface area contributed by atoms with Gasteiger partial charge in [0.2, 0.25) is 11.8 Å². The number of rotatable bonds is 8. The van der Waals surface area contributed by atoms with Crippen LogP contribution in [-0.4, -0.2) is 31.5 Å². The number of hydrogen-bond donors (Lipinski definition) is 2. The van der Waals surface area contributed by atoms with Crippen LogP contribution in [0.5, 0.6) is 5.88 Å². The number of sulfonamides is 1. The monoisotopic (exact) mass is 514 g/mol. The molecule has 0 radical (unpaired) electrons. The van der Waals surface area contributed by atoms with Crippen molar-refractivity contribution in [1.82, 2.24) is 9.71 Å². The van der Waals surface area contributed by atoms with E-state index >= 15 is 0 Å². The van der Waals surface area contributed by atoms with Crippen molar-refractivity contribution in [2.75, 3.05) is 7.11 Å². The number of aromatic nitrogens is 1. The number of halogens is 1. The van der Waals surface area contributed by atoms with E-state index in [1.54, 1.807) is 39.0 Å². The summed E-state index contributed by atoms with van der Waals surface area (Å²) in [6, 6.07) is 10.4. The van der Waals surface area contributed by atoms with Gasteiger partial charge in [-0.05, 0) is 84.3 Å². The van der Waals surface area contributed by atoms with Crippen LogP contribution in [0.2, 0.25) is 0 Å². The van der Waals surface area contributed by atoms with E-state index in [9.17, 15) is 22.7 Å². The van der Waals surface area contributed by atoms with Crippen LogP contribution in [0.3, 0.4) is 0 Å². The third kappa shape index (κ3) is 6.09. The number of ether oxygens (including phenoxy) is 1. The number of nitrogens with zero attached hydrogens (tertiary/aromatic N) is 1. The lowest BCUT2D eigenvalue weighted by Gasteiger charge is -2.20. The zero-order chi connectivity index (χ0) is 26.8. The lowest BCUT2D eigenvalue weighted by atomic mass is 9.88. The van der Waals surface area contributed by atoms with Crippen LogP contribution in [-0.2, 0) is 26.8 Å². The van der Waals surface area contributed by atoms with Crippen molar-refractivity contribution in [3.8, 4) is 17.0 Å². The van der Waals surface area contributed by atoms with Crippen molar-refractivity contribution in [3.63, 3.8) is 0 Å². The Labute approximate surface area is 211 Å². The van der Waals surface area contributed by atoms with Crippen molar-refractivity contribution < 1.29 is 27.4 Å². The average Bonchev–Trinajstić information content (AvgIpc) is 2.78. The zero-order valence-electron chi connectivity index (χ0n) is 21.2. The molecule has 0 spiro atoms. The molecule has 0 atom stereocenters. The second-order valence-corrected chi connectivity index (χ2v) is 11.2. The van der Waals surface area contributed by atoms with Gasteiger partial charge < -0.3 is 9.84 Å². The largest absolute Gasteiger partial charge is 0.481 e. The Balaban J connectivity index is 1.99. The summed E-state index contributed by atoms with van der Waals surface area (Å²) in [4.78, 5) is 17.1. The van der Waals surface area contributed by atoms with Crippen molar-refractivity contribution in [3.05, 3.63) is 76.7 Å². The minimum Gasteiger partial charge on any atom is -0.481 e. The van der Waals surface area contributed by atoms with E-state index in [1.807, 2.05) is 13.8 Å². The fourth-order valence-electron chi connectivity index (χ4n) is 4.05. The first-order valence-electron chi connectivity index (χ1n) is 11.4. The number of methoxy groups -OCH3 is 1. The summed E-state index contributed by atoms with van der Waals surface area (Å²) >= 11 is 0. The van der Waals surface area contributed by atoms with Gasteiger partial charge >= 0.3 is 0 Å². The van der Waals surface area contributed by atoms with E-state index in [1.165, 1.54) is 37.6 Å². The van der Waals surface area contributed by atoms with Crippen LogP contribution in [0.15, 0.2) is 53.6 Å². The van der Waals surface area contributed by atoms with E-state index in [-0.39, 0.29) is 17.2 Å². The predicted octanol–water partition coefficient (Wildman–Crippen LogP) is 4.60. The Bertz CT molecular complexity index is 1400. The highest BCUT2D eigenvalue weighted by molar-refractivity contribution is 7.90. The Hall–Kier alpha value is -3.30. The number of benzene rings is 2. The average molecular weight is 515 g/mol. The van der Waals surface area contributed by atoms with Gasteiger partial charge in [-0.3, -0.25) is 4.79 Å². The molecule has 36 heavy (non-hydrogen) atoms. The summed E-state index contributed by atoms with van der Waals surface area (Å²) in [7, 11) is -2.72. The number of carbonyl (C=O) groups is 1. The molecule has 0 bridgehead atoms. The molecule has 0 aliphatic heterocycles. The van der Waals surface area contributed by atoms with Gasteiger partial charge in [-0.2, -0.15) is 0 Å². The molecule has 1 heterocycles. The van der Waals surface area contributed by atoms with E-state index < -0.39 is 27.3 Å². The molecule has 2 N–H and O–H groups in total. The zero-order valence-corrected chi connectivity index (χ0v) is 22.0. The Kier molecular flexibility index (Phi) is 7.85. The molecule has 3 rings (SSSR count). The third-order valence-corrected chi connectivity index (χ3v) is 7.42. The van der Waals surface area contributed by atoms with E-state index in [0.29, 0.717) is 39.3 Å². The van der Waals surface area contributed by atoms with Crippen LogP contribution < -0.4 is 9.46 Å².